The first kappa shape index (κ1) is 11.3. The minimum atomic E-state index is 0.233. The van der Waals surface area contributed by atoms with Gasteiger partial charge in [-0.3, -0.25) is 4.79 Å². The summed E-state index contributed by atoms with van der Waals surface area (Å²) in [6.07, 6.45) is 5.03. The highest BCUT2D eigenvalue weighted by atomic mass is 16.5. The Morgan fingerprint density at radius 1 is 1.62 bits per heavy atom. The molecule has 1 unspecified atom stereocenters. The highest BCUT2D eigenvalue weighted by molar-refractivity contribution is 5.73. The summed E-state index contributed by atoms with van der Waals surface area (Å²) in [4.78, 5) is 10.8. The maximum atomic E-state index is 10.8. The van der Waals surface area contributed by atoms with Crippen LogP contribution in [-0.2, 0) is 17.7 Å². The van der Waals surface area contributed by atoms with Gasteiger partial charge < -0.3 is 4.74 Å². The van der Waals surface area contributed by atoms with Crippen molar-refractivity contribution in [3.05, 3.63) is 11.4 Å². The second-order valence-corrected chi connectivity index (χ2v) is 4.11. The van der Waals surface area contributed by atoms with Crippen LogP contribution >= 0.6 is 0 Å². The van der Waals surface area contributed by atoms with E-state index in [-0.39, 0.29) is 6.10 Å². The van der Waals surface area contributed by atoms with E-state index in [9.17, 15) is 4.79 Å². The summed E-state index contributed by atoms with van der Waals surface area (Å²) in [5, 5.41) is 7.91. The van der Waals surface area contributed by atoms with Gasteiger partial charge in [0.15, 0.2) is 6.29 Å². The van der Waals surface area contributed by atoms with Crippen LogP contribution < -0.4 is 0 Å². The van der Waals surface area contributed by atoms with Gasteiger partial charge in [0, 0.05) is 6.61 Å². The van der Waals surface area contributed by atoms with Crippen LogP contribution in [-0.4, -0.2) is 34.0 Å². The summed E-state index contributed by atoms with van der Waals surface area (Å²) in [5.74, 6) is 0. The number of ether oxygens (including phenoxy) is 1. The molecule has 0 aliphatic carbocycles. The second-order valence-electron chi connectivity index (χ2n) is 4.11. The van der Waals surface area contributed by atoms with Gasteiger partial charge in [-0.2, -0.15) is 0 Å². The van der Waals surface area contributed by atoms with Gasteiger partial charge in [0.1, 0.15) is 5.69 Å². The van der Waals surface area contributed by atoms with Gasteiger partial charge in [0.2, 0.25) is 0 Å². The lowest BCUT2D eigenvalue weighted by atomic mass is 10.2. The Kier molecular flexibility index (Phi) is 3.66. The van der Waals surface area contributed by atoms with Gasteiger partial charge in [-0.05, 0) is 19.3 Å². The van der Waals surface area contributed by atoms with E-state index >= 15 is 0 Å². The third-order valence-electron chi connectivity index (χ3n) is 2.87. The molecule has 0 amide bonds. The Balaban J connectivity index is 2.12. The molecule has 1 atom stereocenters. The molecule has 1 saturated heterocycles. The monoisotopic (exact) mass is 223 g/mol. The number of carbonyl (C=O) groups excluding carboxylic acids is 1. The van der Waals surface area contributed by atoms with Gasteiger partial charge in [0.25, 0.3) is 0 Å². The molecule has 2 heterocycles. The molecule has 1 fully saturated rings. The fraction of sp³-hybridized carbons (Fsp3) is 0.727. The van der Waals surface area contributed by atoms with Gasteiger partial charge >= 0.3 is 0 Å². The maximum absolute atomic E-state index is 10.8. The summed E-state index contributed by atoms with van der Waals surface area (Å²) in [5.41, 5.74) is 1.41. The van der Waals surface area contributed by atoms with E-state index in [0.717, 1.165) is 50.8 Å². The summed E-state index contributed by atoms with van der Waals surface area (Å²) >= 11 is 0. The van der Waals surface area contributed by atoms with Crippen molar-refractivity contribution >= 4 is 6.29 Å². The lowest BCUT2D eigenvalue weighted by Crippen LogP contribution is -2.18. The van der Waals surface area contributed by atoms with E-state index in [0.29, 0.717) is 5.69 Å². The van der Waals surface area contributed by atoms with Crippen LogP contribution in [0.15, 0.2) is 0 Å². The summed E-state index contributed by atoms with van der Waals surface area (Å²) in [6.45, 7) is 3.64. The van der Waals surface area contributed by atoms with E-state index in [2.05, 4.69) is 17.2 Å². The second kappa shape index (κ2) is 5.21. The first-order valence-electron chi connectivity index (χ1n) is 5.84. The molecule has 0 aromatic carbocycles. The molecular weight excluding hydrogens is 206 g/mol. The number of hydrogen-bond donors (Lipinski definition) is 0. The summed E-state index contributed by atoms with van der Waals surface area (Å²) in [7, 11) is 0. The molecule has 1 aromatic heterocycles. The predicted octanol–water partition coefficient (Wildman–Crippen LogP) is 1.22. The molecule has 16 heavy (non-hydrogen) atoms. The van der Waals surface area contributed by atoms with Crippen molar-refractivity contribution in [3.63, 3.8) is 0 Å². The first-order valence-corrected chi connectivity index (χ1v) is 5.84. The maximum Gasteiger partial charge on any atom is 0.172 e. The Hall–Kier alpha value is -1.23. The molecule has 5 heteroatoms. The topological polar surface area (TPSA) is 57.0 Å². The van der Waals surface area contributed by atoms with Crippen LogP contribution in [0, 0.1) is 0 Å². The number of aldehydes is 1. The average Bonchev–Trinajstić information content (AvgIpc) is 2.91. The quantitative estimate of drug-likeness (QED) is 0.704. The number of carbonyl (C=O) groups is 1. The highest BCUT2D eigenvalue weighted by Crippen LogP contribution is 2.15. The third-order valence-corrected chi connectivity index (χ3v) is 2.87. The van der Waals surface area contributed by atoms with Crippen molar-refractivity contribution < 1.29 is 9.53 Å². The van der Waals surface area contributed by atoms with E-state index in [1.807, 2.05) is 4.68 Å². The number of hydrogen-bond acceptors (Lipinski definition) is 4. The molecule has 0 N–H and O–H groups in total. The Labute approximate surface area is 94.8 Å². The molecule has 1 aliphatic heterocycles. The van der Waals surface area contributed by atoms with Crippen molar-refractivity contribution in [2.75, 3.05) is 6.61 Å². The number of rotatable bonds is 5. The van der Waals surface area contributed by atoms with Crippen LogP contribution in [0.4, 0.5) is 0 Å². The number of aromatic nitrogens is 3. The van der Waals surface area contributed by atoms with Gasteiger partial charge in [-0.25, -0.2) is 4.68 Å². The van der Waals surface area contributed by atoms with E-state index < -0.39 is 0 Å². The van der Waals surface area contributed by atoms with Crippen LogP contribution in [0.1, 0.15) is 42.4 Å². The van der Waals surface area contributed by atoms with Crippen LogP contribution in [0.2, 0.25) is 0 Å². The molecule has 88 valence electrons. The minimum absolute atomic E-state index is 0.233. The molecule has 0 saturated carbocycles. The fourth-order valence-electron chi connectivity index (χ4n) is 2.06. The van der Waals surface area contributed by atoms with E-state index in [4.69, 9.17) is 4.74 Å². The van der Waals surface area contributed by atoms with Crippen LogP contribution in [0.25, 0.3) is 0 Å². The largest absolute Gasteiger partial charge is 0.376 e. The van der Waals surface area contributed by atoms with Crippen molar-refractivity contribution in [1.29, 1.82) is 0 Å². The minimum Gasteiger partial charge on any atom is -0.376 e. The molecule has 0 spiro atoms. The molecule has 2 rings (SSSR count). The lowest BCUT2D eigenvalue weighted by Gasteiger charge is -2.11. The normalized spacial score (nSPS) is 20.2. The van der Waals surface area contributed by atoms with E-state index in [1.54, 1.807) is 0 Å². The van der Waals surface area contributed by atoms with Crippen LogP contribution in [0.3, 0.4) is 0 Å². The van der Waals surface area contributed by atoms with E-state index in [1.165, 1.54) is 0 Å². The Morgan fingerprint density at radius 3 is 3.12 bits per heavy atom. The molecular formula is C11H17N3O2. The molecule has 1 aromatic rings. The van der Waals surface area contributed by atoms with Gasteiger partial charge in [-0.15, -0.1) is 5.10 Å². The van der Waals surface area contributed by atoms with Crippen molar-refractivity contribution in [2.45, 2.75) is 45.3 Å². The van der Waals surface area contributed by atoms with Crippen molar-refractivity contribution in [2.24, 2.45) is 0 Å². The summed E-state index contributed by atoms with van der Waals surface area (Å²) in [6, 6.07) is 0. The zero-order chi connectivity index (χ0) is 11.4. The molecule has 1 aliphatic rings. The lowest BCUT2D eigenvalue weighted by molar-refractivity contribution is 0.0926. The van der Waals surface area contributed by atoms with Gasteiger partial charge in [-0.1, -0.05) is 18.6 Å². The molecule has 0 bridgehead atoms. The first-order chi connectivity index (χ1) is 7.85. The molecule has 5 nitrogen and oxygen atoms in total. The van der Waals surface area contributed by atoms with Gasteiger partial charge in [0.05, 0.1) is 18.3 Å². The van der Waals surface area contributed by atoms with Crippen LogP contribution in [0.5, 0.6) is 0 Å². The zero-order valence-electron chi connectivity index (χ0n) is 9.56. The predicted molar refractivity (Wildman–Crippen MR) is 58.4 cm³/mol. The highest BCUT2D eigenvalue weighted by Gasteiger charge is 2.19. The molecule has 0 radical (unpaired) electrons. The third kappa shape index (κ3) is 2.29. The smallest absolute Gasteiger partial charge is 0.172 e. The fourth-order valence-corrected chi connectivity index (χ4v) is 2.06. The van der Waals surface area contributed by atoms with Crippen molar-refractivity contribution in [1.82, 2.24) is 15.0 Å². The average molecular weight is 223 g/mol. The standard InChI is InChI=1S/C11H17N3O2/c1-2-4-11-10(8-15)12-13-14(11)7-9-5-3-6-16-9/h8-9H,2-7H2,1H3. The Bertz CT molecular complexity index is 356. The number of nitrogens with zero attached hydrogens (tertiary/aromatic N) is 3. The Morgan fingerprint density at radius 2 is 2.50 bits per heavy atom. The zero-order valence-corrected chi connectivity index (χ0v) is 9.56. The summed E-state index contributed by atoms with van der Waals surface area (Å²) < 4.78 is 7.38. The SMILES string of the molecule is CCCc1c(C=O)nnn1CC1CCCO1. The van der Waals surface area contributed by atoms with Crippen molar-refractivity contribution in [3.8, 4) is 0 Å².